The van der Waals surface area contributed by atoms with Crippen molar-refractivity contribution in [1.29, 1.82) is 0 Å². The maximum atomic E-state index is 11.8. The van der Waals surface area contributed by atoms with Crippen LogP contribution in [-0.2, 0) is 20.4 Å². The van der Waals surface area contributed by atoms with Crippen molar-refractivity contribution >= 4 is 37.8 Å². The number of carbonyl (C=O) groups is 1. The summed E-state index contributed by atoms with van der Waals surface area (Å²) in [6.45, 7) is -0.228. The molecule has 0 unspecified atom stereocenters. The number of rotatable bonds is 6. The van der Waals surface area contributed by atoms with Crippen molar-refractivity contribution < 1.29 is 18.4 Å². The fourth-order valence-electron chi connectivity index (χ4n) is 1.60. The highest BCUT2D eigenvalue weighted by Crippen LogP contribution is 2.20. The fourth-order valence-corrected chi connectivity index (χ4v) is 3.64. The Labute approximate surface area is 114 Å². The molecule has 0 aliphatic carbocycles. The number of hydroxylamine groups is 2. The van der Waals surface area contributed by atoms with Gasteiger partial charge in [0.2, 0.25) is 6.41 Å². The van der Waals surface area contributed by atoms with Crippen LogP contribution in [0.15, 0.2) is 23.7 Å². The first-order chi connectivity index (χ1) is 9.00. The van der Waals surface area contributed by atoms with E-state index < -0.39 is 9.84 Å². The molecule has 19 heavy (non-hydrogen) atoms. The summed E-state index contributed by atoms with van der Waals surface area (Å²) in [5, 5.41) is 9.22. The molecule has 0 saturated carbocycles. The molecule has 1 aromatic heterocycles. The standard InChI is InChI=1S/C11H12N2O4S2/c14-8-13(15)3-4-19(16,17)6-9-1-2-10-11(5-9)18-7-12-10/h1-2,5,7-8,15H,3-4,6H2. The summed E-state index contributed by atoms with van der Waals surface area (Å²) in [6, 6.07) is 5.29. The van der Waals surface area contributed by atoms with Crippen LogP contribution in [-0.4, -0.2) is 42.4 Å². The summed E-state index contributed by atoms with van der Waals surface area (Å²) >= 11 is 1.45. The van der Waals surface area contributed by atoms with Gasteiger partial charge in [-0.05, 0) is 17.7 Å². The molecule has 2 aromatic rings. The van der Waals surface area contributed by atoms with E-state index in [2.05, 4.69) is 4.98 Å². The molecule has 8 heteroatoms. The molecule has 0 bridgehead atoms. The van der Waals surface area contributed by atoms with E-state index in [1.807, 2.05) is 0 Å². The highest BCUT2D eigenvalue weighted by Gasteiger charge is 2.14. The largest absolute Gasteiger partial charge is 0.286 e. The van der Waals surface area contributed by atoms with E-state index in [1.54, 1.807) is 23.7 Å². The average molecular weight is 300 g/mol. The zero-order valence-electron chi connectivity index (χ0n) is 9.89. The second kappa shape index (κ2) is 5.64. The van der Waals surface area contributed by atoms with Gasteiger partial charge in [0.15, 0.2) is 9.84 Å². The Hall–Kier alpha value is -1.51. The first-order valence-electron chi connectivity index (χ1n) is 5.43. The lowest BCUT2D eigenvalue weighted by atomic mass is 10.2. The van der Waals surface area contributed by atoms with Gasteiger partial charge in [-0.25, -0.2) is 18.5 Å². The number of fused-ring (bicyclic) bond motifs is 1. The third-order valence-electron chi connectivity index (χ3n) is 2.54. The lowest BCUT2D eigenvalue weighted by molar-refractivity contribution is -0.148. The summed E-state index contributed by atoms with van der Waals surface area (Å²) in [6.07, 6.45) is 0.179. The average Bonchev–Trinajstić information content (AvgIpc) is 2.83. The quantitative estimate of drug-likeness (QED) is 0.489. The number of hydrogen-bond acceptors (Lipinski definition) is 6. The molecule has 1 N–H and O–H groups in total. The molecule has 1 heterocycles. The zero-order chi connectivity index (χ0) is 13.9. The van der Waals surface area contributed by atoms with Gasteiger partial charge in [0.25, 0.3) is 0 Å². The zero-order valence-corrected chi connectivity index (χ0v) is 11.5. The van der Waals surface area contributed by atoms with Crippen LogP contribution in [0.25, 0.3) is 10.2 Å². The maximum absolute atomic E-state index is 11.8. The van der Waals surface area contributed by atoms with Gasteiger partial charge < -0.3 is 0 Å². The molecular formula is C11H12N2O4S2. The van der Waals surface area contributed by atoms with Gasteiger partial charge in [0.05, 0.1) is 33.8 Å². The van der Waals surface area contributed by atoms with Gasteiger partial charge in [-0.3, -0.25) is 10.0 Å². The minimum absolute atomic E-state index is 0.118. The number of carbonyl (C=O) groups excluding carboxylic acids is 1. The fraction of sp³-hybridized carbons (Fsp3) is 0.273. The van der Waals surface area contributed by atoms with E-state index in [-0.39, 0.29) is 24.5 Å². The number of nitrogens with zero attached hydrogens (tertiary/aromatic N) is 2. The second-order valence-electron chi connectivity index (χ2n) is 4.01. The number of aromatic nitrogens is 1. The molecule has 0 aliphatic rings. The summed E-state index contributed by atoms with van der Waals surface area (Å²) in [7, 11) is -3.37. The van der Waals surface area contributed by atoms with E-state index in [1.165, 1.54) is 11.3 Å². The van der Waals surface area contributed by atoms with Gasteiger partial charge in [-0.1, -0.05) is 6.07 Å². The Morgan fingerprint density at radius 1 is 1.42 bits per heavy atom. The van der Waals surface area contributed by atoms with E-state index in [9.17, 15) is 13.2 Å². The molecule has 1 aromatic carbocycles. The molecule has 0 radical (unpaired) electrons. The van der Waals surface area contributed by atoms with Gasteiger partial charge in [-0.15, -0.1) is 11.3 Å². The van der Waals surface area contributed by atoms with E-state index in [0.717, 1.165) is 10.2 Å². The molecule has 0 spiro atoms. The minimum atomic E-state index is -3.37. The highest BCUT2D eigenvalue weighted by molar-refractivity contribution is 7.90. The Morgan fingerprint density at radius 2 is 2.21 bits per heavy atom. The topological polar surface area (TPSA) is 87.6 Å². The Bertz CT molecular complexity index is 681. The number of sulfone groups is 1. The first kappa shape index (κ1) is 13.9. The van der Waals surface area contributed by atoms with Crippen molar-refractivity contribution in [2.45, 2.75) is 5.75 Å². The molecule has 1 amide bonds. The van der Waals surface area contributed by atoms with Crippen LogP contribution in [0.5, 0.6) is 0 Å². The van der Waals surface area contributed by atoms with Crippen molar-refractivity contribution in [3.8, 4) is 0 Å². The Balaban J connectivity index is 2.08. The van der Waals surface area contributed by atoms with Gasteiger partial charge in [0.1, 0.15) is 0 Å². The predicted octanol–water partition coefficient (Wildman–Crippen LogP) is 1.06. The van der Waals surface area contributed by atoms with Crippen molar-refractivity contribution in [2.24, 2.45) is 0 Å². The number of thiazole rings is 1. The van der Waals surface area contributed by atoms with Crippen molar-refractivity contribution in [1.82, 2.24) is 10.0 Å². The van der Waals surface area contributed by atoms with Crippen LogP contribution in [0.4, 0.5) is 0 Å². The molecule has 6 nitrogen and oxygen atoms in total. The maximum Gasteiger partial charge on any atom is 0.233 e. The number of hydrogen-bond donors (Lipinski definition) is 1. The lowest BCUT2D eigenvalue weighted by Gasteiger charge is -2.09. The van der Waals surface area contributed by atoms with E-state index in [0.29, 0.717) is 10.6 Å². The summed E-state index contributed by atoms with van der Waals surface area (Å²) in [5.41, 5.74) is 3.22. The van der Waals surface area contributed by atoms with Gasteiger partial charge in [0, 0.05) is 0 Å². The first-order valence-corrected chi connectivity index (χ1v) is 8.14. The van der Waals surface area contributed by atoms with E-state index >= 15 is 0 Å². The Morgan fingerprint density at radius 3 is 2.95 bits per heavy atom. The molecule has 0 atom stereocenters. The van der Waals surface area contributed by atoms with Crippen molar-refractivity contribution in [3.05, 3.63) is 29.3 Å². The highest BCUT2D eigenvalue weighted by atomic mass is 32.2. The normalized spacial score (nSPS) is 11.6. The minimum Gasteiger partial charge on any atom is -0.286 e. The van der Waals surface area contributed by atoms with Crippen LogP contribution in [0.1, 0.15) is 5.56 Å². The lowest BCUT2D eigenvalue weighted by Crippen LogP contribution is -2.25. The third-order valence-corrected chi connectivity index (χ3v) is 4.90. The molecule has 102 valence electrons. The van der Waals surface area contributed by atoms with Crippen LogP contribution >= 0.6 is 11.3 Å². The molecule has 0 aliphatic heterocycles. The molecule has 0 saturated heterocycles. The number of benzene rings is 1. The third kappa shape index (κ3) is 3.72. The predicted molar refractivity (Wildman–Crippen MR) is 71.7 cm³/mol. The van der Waals surface area contributed by atoms with Crippen LogP contribution in [0.3, 0.4) is 0 Å². The molecule has 2 rings (SSSR count). The van der Waals surface area contributed by atoms with Crippen molar-refractivity contribution in [3.63, 3.8) is 0 Å². The smallest absolute Gasteiger partial charge is 0.233 e. The van der Waals surface area contributed by atoms with Crippen LogP contribution in [0, 0.1) is 0 Å². The molecule has 0 fully saturated rings. The van der Waals surface area contributed by atoms with Gasteiger partial charge >= 0.3 is 0 Å². The monoisotopic (exact) mass is 300 g/mol. The van der Waals surface area contributed by atoms with E-state index in [4.69, 9.17) is 5.21 Å². The van der Waals surface area contributed by atoms with Crippen LogP contribution in [0.2, 0.25) is 0 Å². The Kier molecular flexibility index (Phi) is 4.13. The summed E-state index contributed by atoms with van der Waals surface area (Å²) in [5.74, 6) is -0.392. The second-order valence-corrected chi connectivity index (χ2v) is 7.09. The van der Waals surface area contributed by atoms with Crippen LogP contribution < -0.4 is 0 Å². The van der Waals surface area contributed by atoms with Gasteiger partial charge in [-0.2, -0.15) is 0 Å². The SMILES string of the molecule is O=CN(O)CCS(=O)(=O)Cc1ccc2ncsc2c1. The summed E-state index contributed by atoms with van der Waals surface area (Å²) < 4.78 is 24.6. The summed E-state index contributed by atoms with van der Waals surface area (Å²) in [4.78, 5) is 14.3. The molecular weight excluding hydrogens is 288 g/mol. The number of amides is 1. The van der Waals surface area contributed by atoms with Crippen molar-refractivity contribution in [2.75, 3.05) is 12.3 Å².